The maximum absolute atomic E-state index is 13.5. The predicted molar refractivity (Wildman–Crippen MR) is 102 cm³/mol. The molecular formula is C21H25F3N2O2. The van der Waals surface area contributed by atoms with E-state index in [2.05, 4.69) is 5.32 Å². The molecule has 0 saturated carbocycles. The van der Waals surface area contributed by atoms with Crippen LogP contribution in [-0.2, 0) is 12.6 Å². The molecule has 0 fully saturated rings. The lowest BCUT2D eigenvalue weighted by Crippen LogP contribution is -2.32. The number of nitrogens with zero attached hydrogens (tertiary/aromatic N) is 1. The highest BCUT2D eigenvalue weighted by Crippen LogP contribution is 2.41. The zero-order valence-electron chi connectivity index (χ0n) is 16.3. The summed E-state index contributed by atoms with van der Waals surface area (Å²) in [5.74, 6) is 1.14. The van der Waals surface area contributed by atoms with Crippen LogP contribution in [-0.4, -0.2) is 45.8 Å². The summed E-state index contributed by atoms with van der Waals surface area (Å²) in [7, 11) is 5.46. The highest BCUT2D eigenvalue weighted by atomic mass is 19.4. The van der Waals surface area contributed by atoms with Crippen molar-refractivity contribution in [1.82, 2.24) is 10.2 Å². The van der Waals surface area contributed by atoms with Crippen LogP contribution in [0.4, 0.5) is 13.2 Å². The van der Waals surface area contributed by atoms with E-state index in [4.69, 9.17) is 9.47 Å². The van der Waals surface area contributed by atoms with Crippen molar-refractivity contribution in [3.63, 3.8) is 0 Å². The van der Waals surface area contributed by atoms with Gasteiger partial charge in [-0.2, -0.15) is 13.2 Å². The zero-order valence-corrected chi connectivity index (χ0v) is 16.3. The van der Waals surface area contributed by atoms with Gasteiger partial charge in [-0.05, 0) is 55.4 Å². The molecule has 1 aliphatic rings. The van der Waals surface area contributed by atoms with Crippen molar-refractivity contribution in [2.45, 2.75) is 18.6 Å². The second-order valence-corrected chi connectivity index (χ2v) is 7.08. The molecule has 1 unspecified atom stereocenters. The Labute approximate surface area is 163 Å². The molecule has 28 heavy (non-hydrogen) atoms. The molecule has 0 aromatic heterocycles. The zero-order chi connectivity index (χ0) is 20.3. The Balaban J connectivity index is 2.02. The van der Waals surface area contributed by atoms with Crippen molar-refractivity contribution in [2.75, 3.05) is 40.9 Å². The number of ether oxygens (including phenoxy) is 2. The summed E-state index contributed by atoms with van der Waals surface area (Å²) < 4.78 is 51.9. The topological polar surface area (TPSA) is 33.7 Å². The molecule has 2 aromatic rings. The van der Waals surface area contributed by atoms with Crippen molar-refractivity contribution >= 4 is 0 Å². The summed E-state index contributed by atoms with van der Waals surface area (Å²) in [4.78, 5) is 1.99. The van der Waals surface area contributed by atoms with E-state index in [9.17, 15) is 13.2 Å². The van der Waals surface area contributed by atoms with E-state index >= 15 is 0 Å². The van der Waals surface area contributed by atoms with E-state index < -0.39 is 17.8 Å². The normalized spacial score (nSPS) is 16.8. The van der Waals surface area contributed by atoms with Crippen LogP contribution in [0.25, 0.3) is 0 Å². The van der Waals surface area contributed by atoms with E-state index in [0.717, 1.165) is 23.7 Å². The third-order valence-corrected chi connectivity index (χ3v) is 4.85. The molecule has 0 radical (unpaired) electrons. The highest BCUT2D eigenvalue weighted by Gasteiger charge is 2.36. The maximum atomic E-state index is 13.5. The smallest absolute Gasteiger partial charge is 0.416 e. The number of hydrogen-bond donors (Lipinski definition) is 1. The molecule has 0 amide bonds. The quantitative estimate of drug-likeness (QED) is 0.806. The first-order valence-corrected chi connectivity index (χ1v) is 9.19. The van der Waals surface area contributed by atoms with E-state index in [0.29, 0.717) is 31.1 Å². The van der Waals surface area contributed by atoms with E-state index in [-0.39, 0.29) is 5.56 Å². The minimum absolute atomic E-state index is 0.223. The van der Waals surface area contributed by atoms with E-state index in [1.165, 1.54) is 12.1 Å². The number of nitrogens with one attached hydrogen (secondary N) is 1. The Kier molecular flexibility index (Phi) is 6.15. The molecular weight excluding hydrogens is 369 g/mol. The second-order valence-electron chi connectivity index (χ2n) is 7.08. The van der Waals surface area contributed by atoms with Gasteiger partial charge in [-0.25, -0.2) is 0 Å². The van der Waals surface area contributed by atoms with Crippen molar-refractivity contribution in [2.24, 2.45) is 0 Å². The summed E-state index contributed by atoms with van der Waals surface area (Å²) >= 11 is 0. The molecule has 152 valence electrons. The minimum atomic E-state index is -4.41. The fourth-order valence-electron chi connectivity index (χ4n) is 3.46. The highest BCUT2D eigenvalue weighted by molar-refractivity contribution is 5.52. The third-order valence-electron chi connectivity index (χ3n) is 4.85. The van der Waals surface area contributed by atoms with Gasteiger partial charge >= 0.3 is 6.18 Å². The van der Waals surface area contributed by atoms with Crippen LogP contribution in [0.2, 0.25) is 0 Å². The molecule has 0 aliphatic carbocycles. The number of alkyl halides is 3. The lowest BCUT2D eigenvalue weighted by Gasteiger charge is -2.30. The lowest BCUT2D eigenvalue weighted by atomic mass is 9.87. The van der Waals surface area contributed by atoms with Gasteiger partial charge in [-0.1, -0.05) is 18.2 Å². The van der Waals surface area contributed by atoms with Crippen LogP contribution in [0, 0.1) is 0 Å². The van der Waals surface area contributed by atoms with Gasteiger partial charge in [0.15, 0.2) is 11.5 Å². The van der Waals surface area contributed by atoms with Crippen LogP contribution in [0.15, 0.2) is 36.4 Å². The Hall–Kier alpha value is -2.25. The van der Waals surface area contributed by atoms with Crippen molar-refractivity contribution in [3.05, 3.63) is 58.7 Å². The molecule has 0 spiro atoms. The predicted octanol–water partition coefficient (Wildman–Crippen LogP) is 3.89. The minimum Gasteiger partial charge on any atom is -0.493 e. The summed E-state index contributed by atoms with van der Waals surface area (Å²) in [5, 5.41) is 3.24. The summed E-state index contributed by atoms with van der Waals surface area (Å²) in [6, 6.07) is 8.86. The summed E-state index contributed by atoms with van der Waals surface area (Å²) in [6.07, 6.45) is -3.69. The first kappa shape index (κ1) is 20.5. The van der Waals surface area contributed by atoms with Gasteiger partial charge in [-0.15, -0.1) is 0 Å². The fourth-order valence-corrected chi connectivity index (χ4v) is 3.46. The van der Waals surface area contributed by atoms with Gasteiger partial charge in [0.1, 0.15) is 6.61 Å². The van der Waals surface area contributed by atoms with Crippen LogP contribution in [0.1, 0.15) is 28.3 Å². The Morgan fingerprint density at radius 3 is 2.54 bits per heavy atom. The second kappa shape index (κ2) is 8.41. The number of rotatable bonds is 6. The molecule has 3 rings (SSSR count). The molecule has 2 aromatic carbocycles. The van der Waals surface area contributed by atoms with Crippen molar-refractivity contribution in [3.8, 4) is 11.5 Å². The standard InChI is InChI=1S/C21H25F3N2O2/c1-26(2)10-11-28-19-13-16-14(12-18(19)27-3)8-9-25-20(16)15-6-4-5-7-17(15)21(22,23)24/h4-7,12-13,20,25H,8-11H2,1-3H3. The first-order chi connectivity index (χ1) is 13.3. The van der Waals surface area contributed by atoms with Crippen molar-refractivity contribution < 1.29 is 22.6 Å². The van der Waals surface area contributed by atoms with Gasteiger partial charge in [0.05, 0.1) is 18.7 Å². The van der Waals surface area contributed by atoms with Gasteiger partial charge in [0.25, 0.3) is 0 Å². The van der Waals surface area contributed by atoms with Gasteiger partial charge < -0.3 is 19.7 Å². The molecule has 1 aliphatic heterocycles. The molecule has 0 bridgehead atoms. The van der Waals surface area contributed by atoms with Crippen LogP contribution in [0.5, 0.6) is 11.5 Å². The maximum Gasteiger partial charge on any atom is 0.416 e. The number of fused-ring (bicyclic) bond motifs is 1. The van der Waals surface area contributed by atoms with Gasteiger partial charge in [-0.3, -0.25) is 0 Å². The number of likely N-dealkylation sites (N-methyl/N-ethyl adjacent to an activating group) is 1. The Bertz CT molecular complexity index is 822. The Morgan fingerprint density at radius 1 is 1.11 bits per heavy atom. The lowest BCUT2D eigenvalue weighted by molar-refractivity contribution is -0.138. The Morgan fingerprint density at radius 2 is 1.86 bits per heavy atom. The average Bonchev–Trinajstić information content (AvgIpc) is 2.66. The number of methoxy groups -OCH3 is 1. The van der Waals surface area contributed by atoms with Crippen LogP contribution < -0.4 is 14.8 Å². The largest absolute Gasteiger partial charge is 0.493 e. The SMILES string of the molecule is COc1cc2c(cc1OCCN(C)C)C(c1ccccc1C(F)(F)F)NCC2. The van der Waals surface area contributed by atoms with E-state index in [1.807, 2.05) is 31.1 Å². The number of halogens is 3. The first-order valence-electron chi connectivity index (χ1n) is 9.19. The molecule has 4 nitrogen and oxygen atoms in total. The fraction of sp³-hybridized carbons (Fsp3) is 0.429. The molecule has 7 heteroatoms. The monoisotopic (exact) mass is 394 g/mol. The number of benzene rings is 2. The molecule has 1 atom stereocenters. The van der Waals surface area contributed by atoms with Crippen LogP contribution in [0.3, 0.4) is 0 Å². The molecule has 1 N–H and O–H groups in total. The molecule has 0 saturated heterocycles. The number of hydrogen-bond acceptors (Lipinski definition) is 4. The summed E-state index contributed by atoms with van der Waals surface area (Å²) in [5.41, 5.74) is 1.37. The third kappa shape index (κ3) is 4.42. The molecule has 1 heterocycles. The van der Waals surface area contributed by atoms with Crippen LogP contribution >= 0.6 is 0 Å². The average molecular weight is 394 g/mol. The van der Waals surface area contributed by atoms with Gasteiger partial charge in [0.2, 0.25) is 0 Å². The van der Waals surface area contributed by atoms with Gasteiger partial charge in [0, 0.05) is 13.1 Å². The van der Waals surface area contributed by atoms with E-state index in [1.54, 1.807) is 13.2 Å². The summed E-state index contributed by atoms with van der Waals surface area (Å²) in [6.45, 7) is 1.77. The van der Waals surface area contributed by atoms with Crippen molar-refractivity contribution in [1.29, 1.82) is 0 Å².